The number of hydrogen-bond donors (Lipinski definition) is 0. The largest absolute Gasteiger partial charge is 0.417 e. The van der Waals surface area contributed by atoms with E-state index in [4.69, 9.17) is 5.26 Å². The lowest BCUT2D eigenvalue weighted by molar-refractivity contribution is -0.137. The summed E-state index contributed by atoms with van der Waals surface area (Å²) in [5, 5.41) is 13.3. The topological polar surface area (TPSA) is 57.7 Å². The van der Waals surface area contributed by atoms with Gasteiger partial charge < -0.3 is 4.90 Å². The van der Waals surface area contributed by atoms with Crippen LogP contribution in [0.2, 0.25) is 0 Å². The maximum Gasteiger partial charge on any atom is 0.417 e. The van der Waals surface area contributed by atoms with Crippen molar-refractivity contribution < 1.29 is 13.2 Å². The van der Waals surface area contributed by atoms with Gasteiger partial charge in [-0.2, -0.15) is 23.5 Å². The lowest BCUT2D eigenvalue weighted by atomic mass is 9.70. The van der Waals surface area contributed by atoms with Crippen LogP contribution in [0, 0.1) is 16.7 Å². The summed E-state index contributed by atoms with van der Waals surface area (Å²) in [6.07, 6.45) is 1.28. The maximum absolute atomic E-state index is 13.4. The van der Waals surface area contributed by atoms with E-state index in [-0.39, 0.29) is 23.1 Å². The van der Waals surface area contributed by atoms with Gasteiger partial charge in [0.2, 0.25) is 0 Å². The molecule has 150 valence electrons. The molecule has 1 saturated carbocycles. The number of halogens is 3. The molecule has 0 radical (unpaired) electrons. The Morgan fingerprint density at radius 2 is 2.11 bits per heavy atom. The number of anilines is 1. The van der Waals surface area contributed by atoms with Crippen LogP contribution in [0.15, 0.2) is 30.9 Å². The van der Waals surface area contributed by atoms with E-state index in [0.717, 1.165) is 25.3 Å². The van der Waals surface area contributed by atoms with Gasteiger partial charge in [-0.1, -0.05) is 13.8 Å². The van der Waals surface area contributed by atoms with Crippen molar-refractivity contribution in [1.29, 1.82) is 5.26 Å². The van der Waals surface area contributed by atoms with Crippen LogP contribution in [0.5, 0.6) is 0 Å². The van der Waals surface area contributed by atoms with E-state index >= 15 is 0 Å². The van der Waals surface area contributed by atoms with Crippen molar-refractivity contribution in [2.75, 3.05) is 11.4 Å². The molecule has 1 aromatic heterocycles. The Hall–Kier alpha value is -2.56. The molecule has 1 heterocycles. The number of aromatic nitrogens is 3. The number of nitriles is 1. The van der Waals surface area contributed by atoms with Gasteiger partial charge in [-0.3, -0.25) is 0 Å². The molecule has 8 heteroatoms. The Labute approximate surface area is 162 Å². The molecule has 2 unspecified atom stereocenters. The van der Waals surface area contributed by atoms with E-state index < -0.39 is 11.7 Å². The Morgan fingerprint density at radius 1 is 1.36 bits per heavy atom. The van der Waals surface area contributed by atoms with Crippen molar-refractivity contribution >= 4 is 5.69 Å². The highest BCUT2D eigenvalue weighted by atomic mass is 19.4. The first-order chi connectivity index (χ1) is 13.2. The summed E-state index contributed by atoms with van der Waals surface area (Å²) in [6.45, 7) is 6.83. The third-order valence-corrected chi connectivity index (χ3v) is 5.81. The molecule has 0 amide bonds. The van der Waals surface area contributed by atoms with Gasteiger partial charge in [-0.15, -0.1) is 0 Å². The predicted octanol–water partition coefficient (Wildman–Crippen LogP) is 4.81. The van der Waals surface area contributed by atoms with E-state index in [1.165, 1.54) is 12.4 Å². The normalized spacial score (nSPS) is 21.9. The average molecular weight is 391 g/mol. The molecule has 1 aliphatic rings. The Balaban J connectivity index is 1.98. The van der Waals surface area contributed by atoms with E-state index in [0.29, 0.717) is 12.2 Å². The third kappa shape index (κ3) is 3.84. The zero-order valence-corrected chi connectivity index (χ0v) is 16.2. The molecule has 0 spiro atoms. The summed E-state index contributed by atoms with van der Waals surface area (Å²) in [4.78, 5) is 6.05. The van der Waals surface area contributed by atoms with Crippen molar-refractivity contribution in [3.63, 3.8) is 0 Å². The smallest absolute Gasteiger partial charge is 0.368 e. The molecule has 0 bridgehead atoms. The molecule has 0 aliphatic heterocycles. The van der Waals surface area contributed by atoms with Gasteiger partial charge in [0, 0.05) is 18.3 Å². The minimum Gasteiger partial charge on any atom is -0.368 e. The molecule has 0 N–H and O–H groups in total. The Kier molecular flexibility index (Phi) is 5.37. The van der Waals surface area contributed by atoms with Crippen LogP contribution in [0.3, 0.4) is 0 Å². The number of benzene rings is 1. The monoisotopic (exact) mass is 391 g/mol. The summed E-state index contributed by atoms with van der Waals surface area (Å²) < 4.78 is 42.2. The van der Waals surface area contributed by atoms with Crippen molar-refractivity contribution in [2.24, 2.45) is 5.41 Å². The van der Waals surface area contributed by atoms with Crippen LogP contribution in [0.4, 0.5) is 18.9 Å². The highest BCUT2D eigenvalue weighted by Crippen LogP contribution is 2.45. The SMILES string of the molecule is CCN(c1ccc(C#N)c(C(F)(F)F)c1)C1CC(n2cncn2)CCC1(C)C. The molecular weight excluding hydrogens is 367 g/mol. The first-order valence-corrected chi connectivity index (χ1v) is 9.39. The summed E-state index contributed by atoms with van der Waals surface area (Å²) >= 11 is 0. The number of alkyl halides is 3. The van der Waals surface area contributed by atoms with E-state index in [9.17, 15) is 13.2 Å². The summed E-state index contributed by atoms with van der Waals surface area (Å²) in [5.41, 5.74) is -0.812. The van der Waals surface area contributed by atoms with E-state index in [1.807, 2.05) is 16.5 Å². The van der Waals surface area contributed by atoms with Crippen molar-refractivity contribution in [1.82, 2.24) is 14.8 Å². The molecule has 3 rings (SSSR count). The minimum absolute atomic E-state index is 0.0365. The summed E-state index contributed by atoms with van der Waals surface area (Å²) in [5.74, 6) is 0. The van der Waals surface area contributed by atoms with Gasteiger partial charge in [0.05, 0.1) is 23.2 Å². The van der Waals surface area contributed by atoms with Gasteiger partial charge in [-0.25, -0.2) is 9.67 Å². The molecule has 1 fully saturated rings. The molecule has 2 aromatic rings. The fourth-order valence-corrected chi connectivity index (χ4v) is 4.22. The van der Waals surface area contributed by atoms with Crippen molar-refractivity contribution in [3.05, 3.63) is 42.0 Å². The summed E-state index contributed by atoms with van der Waals surface area (Å²) in [6, 6.07) is 5.84. The van der Waals surface area contributed by atoms with Gasteiger partial charge in [-0.05, 0) is 49.8 Å². The molecule has 1 aliphatic carbocycles. The van der Waals surface area contributed by atoms with Gasteiger partial charge >= 0.3 is 6.18 Å². The minimum atomic E-state index is -4.56. The molecule has 5 nitrogen and oxygen atoms in total. The first kappa shape index (κ1) is 20.2. The Morgan fingerprint density at radius 3 is 2.68 bits per heavy atom. The van der Waals surface area contributed by atoms with Crippen molar-refractivity contribution in [2.45, 2.75) is 58.3 Å². The third-order valence-electron chi connectivity index (χ3n) is 5.81. The second-order valence-electron chi connectivity index (χ2n) is 7.93. The second kappa shape index (κ2) is 7.46. The molecule has 1 aromatic carbocycles. The van der Waals surface area contributed by atoms with Gasteiger partial charge in [0.15, 0.2) is 0 Å². The van der Waals surface area contributed by atoms with Gasteiger partial charge in [0.25, 0.3) is 0 Å². The molecule has 0 saturated heterocycles. The zero-order valence-electron chi connectivity index (χ0n) is 16.2. The number of rotatable bonds is 4. The second-order valence-corrected chi connectivity index (χ2v) is 7.93. The standard InChI is InChI=1S/C20H24F3N5/c1-4-27(15-6-5-14(11-24)17(9-15)20(21,22)23)18-10-16(7-8-19(18,2)3)28-13-25-12-26-28/h5-6,9,12-13,16,18H,4,7-8,10H2,1-3H3. The van der Waals surface area contributed by atoms with Crippen LogP contribution in [0.25, 0.3) is 0 Å². The first-order valence-electron chi connectivity index (χ1n) is 9.39. The fourth-order valence-electron chi connectivity index (χ4n) is 4.22. The zero-order chi connectivity index (χ0) is 20.5. The lowest BCUT2D eigenvalue weighted by Gasteiger charge is -2.48. The Bertz CT molecular complexity index is 852. The number of nitrogens with zero attached hydrogens (tertiary/aromatic N) is 5. The highest BCUT2D eigenvalue weighted by Gasteiger charge is 2.41. The highest BCUT2D eigenvalue weighted by molar-refractivity contribution is 5.55. The maximum atomic E-state index is 13.4. The van der Waals surface area contributed by atoms with Crippen LogP contribution in [-0.4, -0.2) is 27.4 Å². The van der Waals surface area contributed by atoms with Crippen molar-refractivity contribution in [3.8, 4) is 6.07 Å². The van der Waals surface area contributed by atoms with Gasteiger partial charge in [0.1, 0.15) is 12.7 Å². The predicted molar refractivity (Wildman–Crippen MR) is 99.7 cm³/mol. The molecule has 28 heavy (non-hydrogen) atoms. The van der Waals surface area contributed by atoms with E-state index in [1.54, 1.807) is 18.5 Å². The van der Waals surface area contributed by atoms with E-state index in [2.05, 4.69) is 23.9 Å². The van der Waals surface area contributed by atoms with Crippen LogP contribution >= 0.6 is 0 Å². The van der Waals surface area contributed by atoms with Crippen LogP contribution in [0.1, 0.15) is 57.2 Å². The quantitative estimate of drug-likeness (QED) is 0.750. The summed E-state index contributed by atoms with van der Waals surface area (Å²) in [7, 11) is 0. The van der Waals surface area contributed by atoms with Crippen LogP contribution in [-0.2, 0) is 6.18 Å². The molecular formula is C20H24F3N5. The number of hydrogen-bond acceptors (Lipinski definition) is 4. The van der Waals surface area contributed by atoms with Crippen LogP contribution < -0.4 is 4.90 Å². The lowest BCUT2D eigenvalue weighted by Crippen LogP contribution is -2.49. The average Bonchev–Trinajstić information content (AvgIpc) is 3.17. The molecule has 2 atom stereocenters. The fraction of sp³-hybridized carbons (Fsp3) is 0.550.